The second kappa shape index (κ2) is 14.4. The fourth-order valence-electron chi connectivity index (χ4n) is 2.88. The van der Waals surface area contributed by atoms with Crippen molar-refractivity contribution in [3.63, 3.8) is 0 Å². The number of rotatable bonds is 14. The van der Waals surface area contributed by atoms with Crippen molar-refractivity contribution in [2.24, 2.45) is 11.8 Å². The molecule has 0 aromatic heterocycles. The number of aliphatic hydroxyl groups excluding tert-OH is 1. The van der Waals surface area contributed by atoms with E-state index in [-0.39, 0.29) is 43.0 Å². The van der Waals surface area contributed by atoms with E-state index in [1.807, 2.05) is 12.3 Å². The Kier molecular flexibility index (Phi) is 15.2. The van der Waals surface area contributed by atoms with Gasteiger partial charge < -0.3 is 20.1 Å². The van der Waals surface area contributed by atoms with Crippen LogP contribution in [0.2, 0.25) is 0 Å². The average Bonchev–Trinajstić information content (AvgIpc) is 2.50. The van der Waals surface area contributed by atoms with Crippen LogP contribution in [0.4, 0.5) is 0 Å². The van der Waals surface area contributed by atoms with E-state index >= 15 is 0 Å². The van der Waals surface area contributed by atoms with Crippen LogP contribution >= 0.6 is 0 Å². The molecule has 3 atom stereocenters. The van der Waals surface area contributed by atoms with Gasteiger partial charge in [-0.25, -0.2) is 0 Å². The molecule has 3 unspecified atom stereocenters. The molecule has 0 aliphatic rings. The van der Waals surface area contributed by atoms with Crippen molar-refractivity contribution < 1.29 is 48.3 Å². The summed E-state index contributed by atoms with van der Waals surface area (Å²) < 4.78 is 0.146. The quantitative estimate of drug-likeness (QED) is 0.223. The molecule has 7 heteroatoms. The van der Waals surface area contributed by atoms with Gasteiger partial charge in [0.15, 0.2) is 0 Å². The fourth-order valence-corrected chi connectivity index (χ4v) is 2.88. The van der Waals surface area contributed by atoms with Crippen molar-refractivity contribution in [1.82, 2.24) is 0 Å². The summed E-state index contributed by atoms with van der Waals surface area (Å²) in [6.07, 6.45) is 9.26. The Morgan fingerprint density at radius 2 is 1.72 bits per heavy atom. The predicted molar refractivity (Wildman–Crippen MR) is 90.8 cm³/mol. The molecule has 0 saturated heterocycles. The molecule has 0 amide bonds. The molecule has 0 spiro atoms. The molecule has 0 saturated carbocycles. The van der Waals surface area contributed by atoms with E-state index in [1.165, 1.54) is 6.42 Å². The van der Waals surface area contributed by atoms with Crippen molar-refractivity contribution in [2.45, 2.75) is 52.9 Å². The third kappa shape index (κ3) is 11.4. The Morgan fingerprint density at radius 1 is 1.12 bits per heavy atom. The van der Waals surface area contributed by atoms with Crippen LogP contribution in [0.25, 0.3) is 0 Å². The van der Waals surface area contributed by atoms with E-state index in [2.05, 4.69) is 6.92 Å². The maximum Gasteiger partial charge on any atom is 1.00 e. The average molecular weight is 350 g/mol. The second-order valence-electron chi connectivity index (χ2n) is 6.72. The Morgan fingerprint density at radius 3 is 2.20 bits per heavy atom. The minimum atomic E-state index is -1.16. The first-order valence-corrected chi connectivity index (χ1v) is 8.86. The molecule has 0 aromatic rings. The SMILES string of the molecule is CCCCCC/C=C/[N+](CCO)(CC(C)C(=O)[O-])CC(C)C(=O)O.[Li+]. The number of carbonyl (C=O) groups is 2. The molecule has 140 valence electrons. The number of hydrogen-bond acceptors (Lipinski definition) is 4. The number of hydrogen-bond donors (Lipinski definition) is 2. The predicted octanol–water partition coefficient (Wildman–Crippen LogP) is -1.61. The number of allylic oxidation sites excluding steroid dienone is 1. The number of nitrogens with zero attached hydrogens (tertiary/aromatic N) is 1. The van der Waals surface area contributed by atoms with Gasteiger partial charge in [0.1, 0.15) is 12.5 Å². The van der Waals surface area contributed by atoms with Crippen LogP contribution in [0.3, 0.4) is 0 Å². The van der Waals surface area contributed by atoms with Gasteiger partial charge >= 0.3 is 24.8 Å². The first-order valence-electron chi connectivity index (χ1n) is 8.86. The van der Waals surface area contributed by atoms with E-state index in [0.29, 0.717) is 6.54 Å². The van der Waals surface area contributed by atoms with Crippen LogP contribution in [-0.2, 0) is 9.59 Å². The smallest absolute Gasteiger partial charge is 0.550 e. The van der Waals surface area contributed by atoms with Gasteiger partial charge in [-0.2, -0.15) is 0 Å². The molecule has 6 nitrogen and oxygen atoms in total. The van der Waals surface area contributed by atoms with E-state index in [9.17, 15) is 24.9 Å². The number of carboxylic acids is 2. The van der Waals surface area contributed by atoms with E-state index < -0.39 is 23.8 Å². The van der Waals surface area contributed by atoms with Crippen LogP contribution in [0.1, 0.15) is 52.9 Å². The van der Waals surface area contributed by atoms with Crippen molar-refractivity contribution >= 4 is 11.9 Å². The normalized spacial score (nSPS) is 16.0. The number of unbranched alkanes of at least 4 members (excludes halogenated alkanes) is 4. The van der Waals surface area contributed by atoms with Crippen molar-refractivity contribution in [1.29, 1.82) is 0 Å². The molecule has 25 heavy (non-hydrogen) atoms. The third-order valence-corrected chi connectivity index (χ3v) is 4.29. The molecule has 0 heterocycles. The zero-order chi connectivity index (χ0) is 18.6. The zero-order valence-electron chi connectivity index (χ0n) is 16.2. The summed E-state index contributed by atoms with van der Waals surface area (Å²) >= 11 is 0. The molecule has 0 aliphatic carbocycles. The van der Waals surface area contributed by atoms with Gasteiger partial charge in [-0.1, -0.05) is 33.1 Å². The van der Waals surface area contributed by atoms with Crippen molar-refractivity contribution in [3.8, 4) is 0 Å². The molecular weight excluding hydrogens is 317 g/mol. The van der Waals surface area contributed by atoms with Crippen LogP contribution in [0.15, 0.2) is 12.3 Å². The molecule has 0 rings (SSSR count). The topological polar surface area (TPSA) is 97.7 Å². The number of aliphatic hydroxyl groups is 1. The second-order valence-corrected chi connectivity index (χ2v) is 6.72. The summed E-state index contributed by atoms with van der Waals surface area (Å²) in [6.45, 7) is 5.93. The standard InChI is InChI=1S/C18H33NO5.Li/c1-4-5-6-7-8-9-10-19(11-12-20,13-15(2)17(21)22)14-16(3)18(23)24;/h9-10,15-16,20H,4-8,11-14H2,1-3H3,(H-,21,22,23,24);/q;+1/b10-9+;. The van der Waals surface area contributed by atoms with Crippen LogP contribution in [-0.4, -0.2) is 52.9 Å². The molecule has 0 aliphatic heterocycles. The van der Waals surface area contributed by atoms with Gasteiger partial charge in [0.25, 0.3) is 0 Å². The van der Waals surface area contributed by atoms with Crippen LogP contribution in [0, 0.1) is 11.8 Å². The number of aliphatic carboxylic acids is 2. The molecule has 2 N–H and O–H groups in total. The van der Waals surface area contributed by atoms with Gasteiger partial charge in [-0.15, -0.1) is 0 Å². The number of carbonyl (C=O) groups excluding carboxylic acids is 1. The first-order chi connectivity index (χ1) is 11.3. The van der Waals surface area contributed by atoms with Gasteiger partial charge in [0.05, 0.1) is 25.9 Å². The van der Waals surface area contributed by atoms with Gasteiger partial charge in [-0.05, 0) is 25.8 Å². The Labute approximate surface area is 163 Å². The van der Waals surface area contributed by atoms with Crippen molar-refractivity contribution in [2.75, 3.05) is 26.2 Å². The maximum atomic E-state index is 11.2. The van der Waals surface area contributed by atoms with Gasteiger partial charge in [-0.3, -0.25) is 9.28 Å². The summed E-state index contributed by atoms with van der Waals surface area (Å²) in [5, 5.41) is 29.7. The minimum absolute atomic E-state index is 0. The summed E-state index contributed by atoms with van der Waals surface area (Å²) in [4.78, 5) is 22.3. The molecule has 0 bridgehead atoms. The van der Waals surface area contributed by atoms with Crippen molar-refractivity contribution in [3.05, 3.63) is 12.3 Å². The maximum absolute atomic E-state index is 11.2. The molecule has 0 aromatic carbocycles. The number of quaternary nitrogens is 1. The van der Waals surface area contributed by atoms with E-state index in [4.69, 9.17) is 0 Å². The zero-order valence-corrected chi connectivity index (χ0v) is 16.2. The summed E-state index contributed by atoms with van der Waals surface area (Å²) in [6, 6.07) is 0. The fraction of sp³-hybridized carbons (Fsp3) is 0.778. The minimum Gasteiger partial charge on any atom is -0.550 e. The van der Waals surface area contributed by atoms with Crippen LogP contribution in [0.5, 0.6) is 0 Å². The molecule has 0 fully saturated rings. The monoisotopic (exact) mass is 350 g/mol. The van der Waals surface area contributed by atoms with E-state index in [1.54, 1.807) is 13.8 Å². The summed E-state index contributed by atoms with van der Waals surface area (Å²) in [5.41, 5.74) is 0. The molecule has 0 radical (unpaired) electrons. The third-order valence-electron chi connectivity index (χ3n) is 4.29. The number of carboxylic acid groups (broad SMARTS) is 2. The Hall–Kier alpha value is -0.803. The Balaban J connectivity index is 0. The van der Waals surface area contributed by atoms with Crippen LogP contribution < -0.4 is 24.0 Å². The van der Waals surface area contributed by atoms with E-state index in [0.717, 1.165) is 25.7 Å². The molecular formula is C18H33LiNO5+. The van der Waals surface area contributed by atoms with Gasteiger partial charge in [0, 0.05) is 11.9 Å². The summed E-state index contributed by atoms with van der Waals surface area (Å²) in [5.74, 6) is -3.43. The Bertz CT molecular complexity index is 392. The largest absolute Gasteiger partial charge is 1.00 e. The van der Waals surface area contributed by atoms with Gasteiger partial charge in [0.2, 0.25) is 0 Å². The summed E-state index contributed by atoms with van der Waals surface area (Å²) in [7, 11) is 0. The first kappa shape index (κ1) is 26.4.